The zero-order chi connectivity index (χ0) is 16.8. The molecule has 0 aromatic carbocycles. The number of carbonyl (C=O) groups is 1. The van der Waals surface area contributed by atoms with Gasteiger partial charge in [-0.15, -0.1) is 0 Å². The molecule has 0 aliphatic heterocycles. The molecule has 0 bridgehead atoms. The van der Waals surface area contributed by atoms with E-state index < -0.39 is 36.3 Å². The summed E-state index contributed by atoms with van der Waals surface area (Å²) in [6.07, 6.45) is -27.7. The third-order valence-electron chi connectivity index (χ3n) is 1.52. The van der Waals surface area contributed by atoms with Crippen LogP contribution in [0.5, 0.6) is 0 Å². The number of Topliss-reactive ketones (excluding diaryl/α,β-unsaturated/α-hetero) is 1. The van der Waals surface area contributed by atoms with E-state index in [0.717, 1.165) is 0 Å². The number of hydrogen-bond acceptors (Lipinski definition) is 2. The lowest BCUT2D eigenvalue weighted by Gasteiger charge is -2.32. The van der Waals surface area contributed by atoms with E-state index in [1.165, 1.54) is 4.74 Å². The van der Waals surface area contributed by atoms with Gasteiger partial charge in [-0.25, -0.2) is 0 Å². The topological polar surface area (TPSA) is 26.3 Å². The molecule has 0 amide bonds. The second kappa shape index (κ2) is 4.66. The van der Waals surface area contributed by atoms with Crippen molar-refractivity contribution < 1.29 is 62.2 Å². The van der Waals surface area contributed by atoms with Crippen molar-refractivity contribution in [3.8, 4) is 0 Å². The first-order chi connectivity index (χ1) is 8.36. The normalized spacial score (nSPS) is 15.4. The third kappa shape index (κ3) is 3.46. The van der Waals surface area contributed by atoms with Crippen LogP contribution in [-0.2, 0) is 9.53 Å². The molecule has 0 spiro atoms. The minimum Gasteiger partial charge on any atom is -0.280 e. The van der Waals surface area contributed by atoms with Crippen LogP contribution in [0.25, 0.3) is 0 Å². The summed E-state index contributed by atoms with van der Waals surface area (Å²) in [5, 5.41) is 0. The van der Waals surface area contributed by atoms with Crippen LogP contribution < -0.4 is 0 Å². The van der Waals surface area contributed by atoms with E-state index in [-0.39, 0.29) is 0 Å². The predicted octanol–water partition coefficient (Wildman–Crippen LogP) is 3.52. The van der Waals surface area contributed by atoms with Crippen molar-refractivity contribution in [3.05, 3.63) is 0 Å². The Morgan fingerprint density at radius 3 is 1.15 bits per heavy atom. The van der Waals surface area contributed by atoms with E-state index in [9.17, 15) is 57.5 Å². The van der Waals surface area contributed by atoms with Crippen molar-refractivity contribution in [2.75, 3.05) is 0 Å². The molecule has 20 heavy (non-hydrogen) atoms. The van der Waals surface area contributed by atoms with Gasteiger partial charge in [-0.05, 0) is 0 Å². The summed E-state index contributed by atoms with van der Waals surface area (Å²) in [6, 6.07) is 0. The summed E-state index contributed by atoms with van der Waals surface area (Å²) in [4.78, 5) is 9.92. The molecular formula is C6F12O2. The van der Waals surface area contributed by atoms with E-state index in [0.29, 0.717) is 0 Å². The fourth-order valence-corrected chi connectivity index (χ4v) is 0.664. The van der Waals surface area contributed by atoms with E-state index in [4.69, 9.17) is 0 Å². The van der Waals surface area contributed by atoms with Gasteiger partial charge in [-0.3, -0.25) is 9.53 Å². The van der Waals surface area contributed by atoms with Gasteiger partial charge in [0.25, 0.3) is 0 Å². The molecule has 0 fully saturated rings. The summed E-state index contributed by atoms with van der Waals surface area (Å²) in [6.45, 7) is 0. The molecule has 0 heterocycles. The lowest BCUT2D eigenvalue weighted by Crippen LogP contribution is -2.60. The zero-order valence-electron chi connectivity index (χ0n) is 8.35. The first-order valence-electron chi connectivity index (χ1n) is 3.88. The molecule has 0 aromatic rings. The molecule has 2 nitrogen and oxygen atoms in total. The maximum Gasteiger partial charge on any atom is 0.459 e. The number of hydrogen-bond donors (Lipinski definition) is 0. The SMILES string of the molecule is O=C(C(F)(F)F)C(F)(F)OC(F)(C(F)(F)F)C(F)(F)F. The van der Waals surface area contributed by atoms with Gasteiger partial charge in [0.15, 0.2) is 0 Å². The number of ketones is 1. The largest absolute Gasteiger partial charge is 0.459 e. The number of carbonyl (C=O) groups excluding carboxylic acids is 1. The average molecular weight is 332 g/mol. The molecule has 0 rings (SSSR count). The van der Waals surface area contributed by atoms with Crippen LogP contribution in [-0.4, -0.2) is 36.3 Å². The van der Waals surface area contributed by atoms with Crippen LogP contribution in [0.4, 0.5) is 52.7 Å². The Morgan fingerprint density at radius 2 is 0.950 bits per heavy atom. The van der Waals surface area contributed by atoms with Gasteiger partial charge in [0.2, 0.25) is 0 Å². The van der Waals surface area contributed by atoms with Gasteiger partial charge in [0.1, 0.15) is 0 Å². The number of ether oxygens (including phenoxy) is 1. The van der Waals surface area contributed by atoms with Crippen molar-refractivity contribution in [2.24, 2.45) is 0 Å². The van der Waals surface area contributed by atoms with Crippen molar-refractivity contribution in [2.45, 2.75) is 30.5 Å². The van der Waals surface area contributed by atoms with Crippen LogP contribution in [0.15, 0.2) is 0 Å². The van der Waals surface area contributed by atoms with Crippen LogP contribution in [0.2, 0.25) is 0 Å². The highest BCUT2D eigenvalue weighted by Crippen LogP contribution is 2.50. The summed E-state index contributed by atoms with van der Waals surface area (Å²) in [5.41, 5.74) is 0. The molecule has 14 heteroatoms. The minimum absolute atomic E-state index is 1.52. The molecule has 120 valence electrons. The van der Waals surface area contributed by atoms with Gasteiger partial charge in [0.05, 0.1) is 0 Å². The summed E-state index contributed by atoms with van der Waals surface area (Å²) in [7, 11) is 0. The number of alkyl halides is 12. The quantitative estimate of drug-likeness (QED) is 0.740. The second-order valence-electron chi connectivity index (χ2n) is 3.04. The fraction of sp³-hybridized carbons (Fsp3) is 0.833. The van der Waals surface area contributed by atoms with E-state index in [1.54, 1.807) is 0 Å². The summed E-state index contributed by atoms with van der Waals surface area (Å²) < 4.78 is 144. The Kier molecular flexibility index (Phi) is 4.38. The maximum absolute atomic E-state index is 12.6. The Hall–Kier alpha value is -1.21. The number of rotatable bonds is 3. The van der Waals surface area contributed by atoms with Crippen molar-refractivity contribution in [3.63, 3.8) is 0 Å². The second-order valence-corrected chi connectivity index (χ2v) is 3.04. The lowest BCUT2D eigenvalue weighted by molar-refractivity contribution is -0.472. The molecule has 0 aliphatic carbocycles. The molecular weight excluding hydrogens is 332 g/mol. The van der Waals surface area contributed by atoms with Crippen LogP contribution in [0, 0.1) is 0 Å². The van der Waals surface area contributed by atoms with Crippen molar-refractivity contribution in [1.82, 2.24) is 0 Å². The van der Waals surface area contributed by atoms with E-state index in [2.05, 4.69) is 0 Å². The lowest BCUT2D eigenvalue weighted by atomic mass is 10.2. The van der Waals surface area contributed by atoms with Crippen molar-refractivity contribution in [1.29, 1.82) is 0 Å². The molecule has 0 saturated heterocycles. The Balaban J connectivity index is 5.69. The fourth-order valence-electron chi connectivity index (χ4n) is 0.664. The van der Waals surface area contributed by atoms with Crippen LogP contribution >= 0.6 is 0 Å². The summed E-state index contributed by atoms with van der Waals surface area (Å²) in [5.74, 6) is -11.6. The highest BCUT2D eigenvalue weighted by Gasteiger charge is 2.78. The van der Waals surface area contributed by atoms with Crippen LogP contribution in [0.3, 0.4) is 0 Å². The molecule has 0 N–H and O–H groups in total. The highest BCUT2D eigenvalue weighted by atomic mass is 19.4. The van der Waals surface area contributed by atoms with Crippen molar-refractivity contribution >= 4 is 5.78 Å². The van der Waals surface area contributed by atoms with Crippen LogP contribution in [0.1, 0.15) is 0 Å². The summed E-state index contributed by atoms with van der Waals surface area (Å²) >= 11 is 0. The van der Waals surface area contributed by atoms with Gasteiger partial charge in [-0.1, -0.05) is 0 Å². The monoisotopic (exact) mass is 332 g/mol. The smallest absolute Gasteiger partial charge is 0.280 e. The Bertz CT molecular complexity index is 359. The molecule has 0 aromatic heterocycles. The standard InChI is InChI=1S/C6F12O2/c7-2(8,9)1(19)3(10,11)20-4(12,5(13,14)15)6(16,17)18. The predicted molar refractivity (Wildman–Crippen MR) is 33.0 cm³/mol. The highest BCUT2D eigenvalue weighted by molar-refractivity contribution is 5.89. The molecule has 0 saturated carbocycles. The van der Waals surface area contributed by atoms with E-state index in [1.807, 2.05) is 0 Å². The number of halogens is 12. The van der Waals surface area contributed by atoms with Gasteiger partial charge < -0.3 is 0 Å². The minimum atomic E-state index is -7.21. The molecule has 0 radical (unpaired) electrons. The molecule has 0 atom stereocenters. The van der Waals surface area contributed by atoms with Gasteiger partial charge in [-0.2, -0.15) is 52.7 Å². The Morgan fingerprint density at radius 1 is 0.650 bits per heavy atom. The van der Waals surface area contributed by atoms with E-state index >= 15 is 0 Å². The maximum atomic E-state index is 12.6. The first kappa shape index (κ1) is 18.8. The van der Waals surface area contributed by atoms with Gasteiger partial charge in [0, 0.05) is 0 Å². The third-order valence-corrected chi connectivity index (χ3v) is 1.52. The average Bonchev–Trinajstić information content (AvgIpc) is 2.10. The molecule has 0 aliphatic rings. The Labute approximate surface area is 99.8 Å². The first-order valence-corrected chi connectivity index (χ1v) is 3.88. The zero-order valence-corrected chi connectivity index (χ0v) is 8.35. The van der Waals surface area contributed by atoms with Gasteiger partial charge >= 0.3 is 36.3 Å². The molecule has 0 unspecified atom stereocenters.